The van der Waals surface area contributed by atoms with E-state index < -0.39 is 11.8 Å². The smallest absolute Gasteiger partial charge is 0.272 e. The number of carbonyl (C=O) groups is 3. The number of methoxy groups -OCH3 is 4. The van der Waals surface area contributed by atoms with Gasteiger partial charge < -0.3 is 29.6 Å². The van der Waals surface area contributed by atoms with Crippen LogP contribution in [0.3, 0.4) is 0 Å². The van der Waals surface area contributed by atoms with Crippen LogP contribution in [0.5, 0.6) is 23.0 Å². The van der Waals surface area contributed by atoms with E-state index in [1.807, 2.05) is 6.07 Å². The first-order valence-electron chi connectivity index (χ1n) is 13.4. The average Bonchev–Trinajstić information content (AvgIpc) is 3.06. The van der Waals surface area contributed by atoms with Crippen LogP contribution in [0.1, 0.15) is 26.3 Å². The monoisotopic (exact) mass is 612 g/mol. The van der Waals surface area contributed by atoms with Crippen LogP contribution in [0.25, 0.3) is 6.08 Å². The number of hydrogen-bond donors (Lipinski definition) is 2. The number of nitrogens with one attached hydrogen (secondary N) is 2. The van der Waals surface area contributed by atoms with Gasteiger partial charge >= 0.3 is 0 Å². The summed E-state index contributed by atoms with van der Waals surface area (Å²) in [6.45, 7) is 0. The van der Waals surface area contributed by atoms with Crippen molar-refractivity contribution in [1.29, 1.82) is 0 Å². The van der Waals surface area contributed by atoms with E-state index in [1.54, 1.807) is 84.9 Å². The highest BCUT2D eigenvalue weighted by Gasteiger charge is 2.18. The highest BCUT2D eigenvalue weighted by atomic mass is 32.2. The van der Waals surface area contributed by atoms with Crippen LogP contribution in [-0.2, 0) is 4.79 Å². The third-order valence-corrected chi connectivity index (χ3v) is 7.42. The Morgan fingerprint density at radius 2 is 1.43 bits per heavy atom. The number of ketones is 1. The van der Waals surface area contributed by atoms with Crippen molar-refractivity contribution < 1.29 is 33.3 Å². The van der Waals surface area contributed by atoms with E-state index >= 15 is 0 Å². The molecular formula is C34H32N2O7S. The lowest BCUT2D eigenvalue weighted by molar-refractivity contribution is -0.113. The molecule has 4 rings (SSSR count). The number of benzene rings is 4. The van der Waals surface area contributed by atoms with E-state index in [9.17, 15) is 14.4 Å². The second-order valence-electron chi connectivity index (χ2n) is 9.22. The van der Waals surface area contributed by atoms with Crippen LogP contribution in [-0.4, -0.2) is 51.8 Å². The van der Waals surface area contributed by atoms with Gasteiger partial charge in [0.05, 0.1) is 34.2 Å². The van der Waals surface area contributed by atoms with E-state index in [-0.39, 0.29) is 17.2 Å². The van der Waals surface area contributed by atoms with Crippen LogP contribution >= 0.6 is 11.8 Å². The molecule has 0 saturated heterocycles. The minimum Gasteiger partial charge on any atom is -0.493 e. The molecule has 0 spiro atoms. The molecule has 2 amide bonds. The third kappa shape index (κ3) is 7.99. The zero-order valence-electron chi connectivity index (χ0n) is 24.7. The summed E-state index contributed by atoms with van der Waals surface area (Å²) in [5.41, 5.74) is 1.89. The van der Waals surface area contributed by atoms with Crippen molar-refractivity contribution in [3.63, 3.8) is 0 Å². The summed E-state index contributed by atoms with van der Waals surface area (Å²) in [4.78, 5) is 40.2. The van der Waals surface area contributed by atoms with Crippen molar-refractivity contribution in [2.45, 2.75) is 4.90 Å². The molecule has 2 N–H and O–H groups in total. The number of carbonyl (C=O) groups excluding carboxylic acids is 3. The summed E-state index contributed by atoms with van der Waals surface area (Å²) < 4.78 is 21.5. The van der Waals surface area contributed by atoms with Gasteiger partial charge in [0.1, 0.15) is 5.70 Å². The van der Waals surface area contributed by atoms with E-state index in [0.29, 0.717) is 45.4 Å². The van der Waals surface area contributed by atoms with Gasteiger partial charge in [-0.1, -0.05) is 36.4 Å². The summed E-state index contributed by atoms with van der Waals surface area (Å²) >= 11 is 1.33. The molecule has 0 radical (unpaired) electrons. The number of thioether (sulfide) groups is 1. The standard InChI is InChI=1S/C34H32N2O7S/c1-40-29-17-16-23(19-31(29)42-3)28(37)21-44-26-14-9-13-25(20-26)35-34(39)27(36-33(38)22-10-6-5-7-11-22)18-24-12-8-15-30(41-2)32(24)43-4/h5-20H,21H2,1-4H3,(H,35,39)(H,36,38)/b27-18-. The number of hydrogen-bond acceptors (Lipinski definition) is 8. The maximum Gasteiger partial charge on any atom is 0.272 e. The first kappa shape index (κ1) is 31.7. The normalized spacial score (nSPS) is 10.9. The number of ether oxygens (including phenoxy) is 4. The van der Waals surface area contributed by atoms with Gasteiger partial charge in [0, 0.05) is 27.3 Å². The first-order chi connectivity index (χ1) is 21.4. The van der Waals surface area contributed by atoms with Crippen molar-refractivity contribution in [2.75, 3.05) is 39.5 Å². The fourth-order valence-corrected chi connectivity index (χ4v) is 5.08. The Morgan fingerprint density at radius 1 is 0.705 bits per heavy atom. The Labute approximate surface area is 260 Å². The van der Waals surface area contributed by atoms with Crippen LogP contribution in [0.2, 0.25) is 0 Å². The van der Waals surface area contributed by atoms with Gasteiger partial charge in [-0.15, -0.1) is 11.8 Å². The van der Waals surface area contributed by atoms with E-state index in [4.69, 9.17) is 18.9 Å². The summed E-state index contributed by atoms with van der Waals surface area (Å²) in [5, 5.41) is 5.58. The van der Waals surface area contributed by atoms with E-state index in [1.165, 1.54) is 46.3 Å². The molecule has 0 atom stereocenters. The topological polar surface area (TPSA) is 112 Å². The summed E-state index contributed by atoms with van der Waals surface area (Å²) in [6.07, 6.45) is 1.53. The molecule has 10 heteroatoms. The maximum atomic E-state index is 13.6. The largest absolute Gasteiger partial charge is 0.493 e. The first-order valence-corrected chi connectivity index (χ1v) is 14.4. The van der Waals surface area contributed by atoms with E-state index in [2.05, 4.69) is 10.6 Å². The zero-order valence-corrected chi connectivity index (χ0v) is 25.5. The Kier molecular flexibility index (Phi) is 11.0. The van der Waals surface area contributed by atoms with Gasteiger partial charge in [0.25, 0.3) is 11.8 Å². The number of para-hydroxylation sites is 1. The summed E-state index contributed by atoms with van der Waals surface area (Å²) in [7, 11) is 6.06. The van der Waals surface area contributed by atoms with Gasteiger partial charge in [0.2, 0.25) is 0 Å². The molecule has 4 aromatic carbocycles. The Morgan fingerprint density at radius 3 is 2.14 bits per heavy atom. The third-order valence-electron chi connectivity index (χ3n) is 6.43. The Balaban J connectivity index is 1.54. The minimum atomic E-state index is -0.553. The van der Waals surface area contributed by atoms with Crippen molar-refractivity contribution in [1.82, 2.24) is 5.32 Å². The van der Waals surface area contributed by atoms with Crippen molar-refractivity contribution >= 4 is 41.1 Å². The maximum absolute atomic E-state index is 13.6. The highest BCUT2D eigenvalue weighted by molar-refractivity contribution is 8.00. The average molecular weight is 613 g/mol. The van der Waals surface area contributed by atoms with Crippen molar-refractivity contribution in [3.05, 3.63) is 113 Å². The van der Waals surface area contributed by atoms with Crippen molar-refractivity contribution in [2.24, 2.45) is 0 Å². The fourth-order valence-electron chi connectivity index (χ4n) is 4.23. The van der Waals surface area contributed by atoms with Crippen molar-refractivity contribution in [3.8, 4) is 23.0 Å². The predicted octanol–water partition coefficient (Wildman–Crippen LogP) is 6.11. The van der Waals surface area contributed by atoms with Gasteiger partial charge in [0.15, 0.2) is 28.8 Å². The predicted molar refractivity (Wildman–Crippen MR) is 171 cm³/mol. The number of Topliss-reactive ketones (excluding diaryl/α,β-unsaturated/α-hetero) is 1. The molecule has 226 valence electrons. The molecular weight excluding hydrogens is 580 g/mol. The van der Waals surface area contributed by atoms with Crippen LogP contribution in [0.4, 0.5) is 5.69 Å². The molecule has 9 nitrogen and oxygen atoms in total. The molecule has 0 saturated carbocycles. The minimum absolute atomic E-state index is 0.00732. The Bertz CT molecular complexity index is 1670. The second-order valence-corrected chi connectivity index (χ2v) is 10.3. The molecule has 0 aliphatic heterocycles. The van der Waals surface area contributed by atoms with Gasteiger partial charge in [-0.2, -0.15) is 0 Å². The Hall–Kier alpha value is -5.22. The zero-order chi connectivity index (χ0) is 31.5. The SMILES string of the molecule is COc1ccc(C(=O)CSc2cccc(NC(=O)/C(=C/c3cccc(OC)c3OC)NC(=O)c3ccccc3)c2)cc1OC. The molecule has 0 bridgehead atoms. The van der Waals surface area contributed by atoms with Gasteiger partial charge in [-0.3, -0.25) is 14.4 Å². The number of rotatable bonds is 13. The molecule has 0 heterocycles. The molecule has 0 aromatic heterocycles. The molecule has 0 aliphatic rings. The lowest BCUT2D eigenvalue weighted by Crippen LogP contribution is -2.30. The molecule has 0 aliphatic carbocycles. The van der Waals surface area contributed by atoms with Crippen LogP contribution < -0.4 is 29.6 Å². The number of anilines is 1. The lowest BCUT2D eigenvalue weighted by atomic mass is 10.1. The quantitative estimate of drug-likeness (QED) is 0.106. The molecule has 4 aromatic rings. The van der Waals surface area contributed by atoms with E-state index in [0.717, 1.165) is 4.90 Å². The summed E-state index contributed by atoms with van der Waals surface area (Å²) in [5.74, 6) is 0.970. The summed E-state index contributed by atoms with van der Waals surface area (Å²) in [6, 6.07) is 25.9. The number of amides is 2. The van der Waals surface area contributed by atoms with Gasteiger partial charge in [-0.25, -0.2) is 0 Å². The van der Waals surface area contributed by atoms with Crippen LogP contribution in [0, 0.1) is 0 Å². The fraction of sp³-hybridized carbons (Fsp3) is 0.147. The molecule has 0 unspecified atom stereocenters. The molecule has 44 heavy (non-hydrogen) atoms. The highest BCUT2D eigenvalue weighted by Crippen LogP contribution is 2.32. The van der Waals surface area contributed by atoms with Crippen LogP contribution in [0.15, 0.2) is 102 Å². The molecule has 0 fully saturated rings. The van der Waals surface area contributed by atoms with Gasteiger partial charge in [-0.05, 0) is 60.7 Å². The second kappa shape index (κ2) is 15.3. The lowest BCUT2D eigenvalue weighted by Gasteiger charge is -2.14.